The van der Waals surface area contributed by atoms with E-state index in [1.54, 1.807) is 12.0 Å². The zero-order valence-corrected chi connectivity index (χ0v) is 12.5. The van der Waals surface area contributed by atoms with Crippen molar-refractivity contribution in [2.75, 3.05) is 27.7 Å². The zero-order valence-electron chi connectivity index (χ0n) is 12.5. The van der Waals surface area contributed by atoms with E-state index in [0.29, 0.717) is 13.1 Å². The number of hydrogen-bond acceptors (Lipinski definition) is 3. The first-order valence-electron chi connectivity index (χ1n) is 6.52. The minimum absolute atomic E-state index is 0.0224. The van der Waals surface area contributed by atoms with Gasteiger partial charge in [0, 0.05) is 31.6 Å². The van der Waals surface area contributed by atoms with Crippen molar-refractivity contribution in [3.05, 3.63) is 29.3 Å². The number of aryl methyl sites for hydroxylation is 1. The van der Waals surface area contributed by atoms with Crippen molar-refractivity contribution in [2.24, 2.45) is 5.92 Å². The van der Waals surface area contributed by atoms with Gasteiger partial charge in [0.15, 0.2) is 0 Å². The third-order valence-electron chi connectivity index (χ3n) is 3.15. The number of nitrogens with zero attached hydrogens (tertiary/aromatic N) is 1. The third-order valence-corrected chi connectivity index (χ3v) is 3.15. The van der Waals surface area contributed by atoms with Crippen molar-refractivity contribution in [1.82, 2.24) is 10.2 Å². The lowest BCUT2D eigenvalue weighted by Crippen LogP contribution is -2.35. The second-order valence-electron chi connectivity index (χ2n) is 4.97. The maximum Gasteiger partial charge on any atom is 0.226 e. The SMILES string of the molecule is CNCC(C)C(=O)N(C)Cc1cc(C)ccc1OC. The number of carbonyl (C=O) groups is 1. The van der Waals surface area contributed by atoms with Crippen LogP contribution in [0.2, 0.25) is 0 Å². The molecule has 0 aliphatic rings. The molecule has 0 aliphatic carbocycles. The van der Waals surface area contributed by atoms with Gasteiger partial charge < -0.3 is 15.0 Å². The monoisotopic (exact) mass is 264 g/mol. The fraction of sp³-hybridized carbons (Fsp3) is 0.533. The van der Waals surface area contributed by atoms with Crippen LogP contribution in [0.5, 0.6) is 5.75 Å². The first-order valence-corrected chi connectivity index (χ1v) is 6.52. The van der Waals surface area contributed by atoms with Gasteiger partial charge in [0.2, 0.25) is 5.91 Å². The lowest BCUT2D eigenvalue weighted by molar-refractivity contribution is -0.134. The van der Waals surface area contributed by atoms with E-state index in [0.717, 1.165) is 11.3 Å². The Bertz CT molecular complexity index is 432. The molecule has 1 N–H and O–H groups in total. The molecule has 106 valence electrons. The first kappa shape index (κ1) is 15.5. The van der Waals surface area contributed by atoms with Gasteiger partial charge in [-0.05, 0) is 20.0 Å². The highest BCUT2D eigenvalue weighted by Crippen LogP contribution is 2.21. The molecule has 0 spiro atoms. The predicted octanol–water partition coefficient (Wildman–Crippen LogP) is 1.82. The number of hydrogen-bond donors (Lipinski definition) is 1. The summed E-state index contributed by atoms with van der Waals surface area (Å²) >= 11 is 0. The number of carbonyl (C=O) groups excluding carboxylic acids is 1. The van der Waals surface area contributed by atoms with E-state index < -0.39 is 0 Å². The summed E-state index contributed by atoms with van der Waals surface area (Å²) < 4.78 is 5.34. The highest BCUT2D eigenvalue weighted by molar-refractivity contribution is 5.78. The molecule has 1 atom stereocenters. The van der Waals surface area contributed by atoms with Crippen LogP contribution in [0.15, 0.2) is 18.2 Å². The number of rotatable bonds is 6. The molecule has 4 heteroatoms. The smallest absolute Gasteiger partial charge is 0.226 e. The Morgan fingerprint density at radius 3 is 2.74 bits per heavy atom. The summed E-state index contributed by atoms with van der Waals surface area (Å²) in [6.07, 6.45) is 0. The minimum Gasteiger partial charge on any atom is -0.496 e. The summed E-state index contributed by atoms with van der Waals surface area (Å²) in [6, 6.07) is 6.01. The molecule has 0 saturated heterocycles. The van der Waals surface area contributed by atoms with Crippen LogP contribution in [0, 0.1) is 12.8 Å². The van der Waals surface area contributed by atoms with Crippen LogP contribution in [0.25, 0.3) is 0 Å². The lowest BCUT2D eigenvalue weighted by Gasteiger charge is -2.22. The normalized spacial score (nSPS) is 12.1. The zero-order chi connectivity index (χ0) is 14.4. The Morgan fingerprint density at radius 1 is 1.47 bits per heavy atom. The number of amides is 1. The quantitative estimate of drug-likeness (QED) is 0.852. The van der Waals surface area contributed by atoms with E-state index in [9.17, 15) is 4.79 Å². The largest absolute Gasteiger partial charge is 0.496 e. The van der Waals surface area contributed by atoms with E-state index in [1.165, 1.54) is 5.56 Å². The Morgan fingerprint density at radius 2 is 2.16 bits per heavy atom. The molecule has 0 saturated carbocycles. The van der Waals surface area contributed by atoms with Crippen LogP contribution in [0.4, 0.5) is 0 Å². The molecule has 0 radical (unpaired) electrons. The average molecular weight is 264 g/mol. The molecule has 0 fully saturated rings. The minimum atomic E-state index is -0.0224. The third kappa shape index (κ3) is 4.24. The van der Waals surface area contributed by atoms with Crippen molar-refractivity contribution in [3.63, 3.8) is 0 Å². The van der Waals surface area contributed by atoms with E-state index in [1.807, 2.05) is 40.1 Å². The van der Waals surface area contributed by atoms with Crippen LogP contribution >= 0.6 is 0 Å². The molecule has 1 aromatic carbocycles. The molecule has 1 amide bonds. The molecule has 19 heavy (non-hydrogen) atoms. The van der Waals surface area contributed by atoms with Crippen molar-refractivity contribution in [2.45, 2.75) is 20.4 Å². The summed E-state index contributed by atoms with van der Waals surface area (Å²) in [6.45, 7) is 5.23. The molecule has 1 rings (SSSR count). The predicted molar refractivity (Wildman–Crippen MR) is 77.3 cm³/mol. The highest BCUT2D eigenvalue weighted by Gasteiger charge is 2.18. The molecular weight excluding hydrogens is 240 g/mol. The number of methoxy groups -OCH3 is 1. The Labute approximate surface area is 115 Å². The van der Waals surface area contributed by atoms with E-state index >= 15 is 0 Å². The maximum atomic E-state index is 12.2. The van der Waals surface area contributed by atoms with E-state index in [-0.39, 0.29) is 11.8 Å². The summed E-state index contributed by atoms with van der Waals surface area (Å²) in [5.74, 6) is 0.940. The molecule has 0 bridgehead atoms. The van der Waals surface area contributed by atoms with Gasteiger partial charge >= 0.3 is 0 Å². The summed E-state index contributed by atoms with van der Waals surface area (Å²) in [5, 5.41) is 3.03. The standard InChI is InChI=1S/C15H24N2O2/c1-11-6-7-14(19-5)13(8-11)10-17(4)15(18)12(2)9-16-3/h6-8,12,16H,9-10H2,1-5H3. The average Bonchev–Trinajstić information content (AvgIpc) is 2.38. The summed E-state index contributed by atoms with van der Waals surface area (Å²) in [5.41, 5.74) is 2.20. The summed E-state index contributed by atoms with van der Waals surface area (Å²) in [4.78, 5) is 13.9. The fourth-order valence-electron chi connectivity index (χ4n) is 2.13. The van der Waals surface area contributed by atoms with Gasteiger partial charge in [0.25, 0.3) is 0 Å². The van der Waals surface area contributed by atoms with Crippen LogP contribution in [-0.4, -0.2) is 38.6 Å². The van der Waals surface area contributed by atoms with Gasteiger partial charge in [-0.15, -0.1) is 0 Å². The molecule has 0 aliphatic heterocycles. The molecule has 0 heterocycles. The van der Waals surface area contributed by atoms with Gasteiger partial charge in [-0.1, -0.05) is 24.6 Å². The van der Waals surface area contributed by atoms with Crippen LogP contribution in [-0.2, 0) is 11.3 Å². The van der Waals surface area contributed by atoms with Gasteiger partial charge in [-0.3, -0.25) is 4.79 Å². The maximum absolute atomic E-state index is 12.2. The molecule has 1 aromatic rings. The van der Waals surface area contributed by atoms with Crippen molar-refractivity contribution in [1.29, 1.82) is 0 Å². The van der Waals surface area contributed by atoms with Crippen molar-refractivity contribution < 1.29 is 9.53 Å². The van der Waals surface area contributed by atoms with Crippen LogP contribution < -0.4 is 10.1 Å². The van der Waals surface area contributed by atoms with Gasteiger partial charge in [0.05, 0.1) is 7.11 Å². The second-order valence-corrected chi connectivity index (χ2v) is 4.97. The van der Waals surface area contributed by atoms with Crippen LogP contribution in [0.3, 0.4) is 0 Å². The fourth-order valence-corrected chi connectivity index (χ4v) is 2.13. The van der Waals surface area contributed by atoms with E-state index in [2.05, 4.69) is 11.4 Å². The second kappa shape index (κ2) is 7.14. The molecule has 1 unspecified atom stereocenters. The molecule has 4 nitrogen and oxygen atoms in total. The summed E-state index contributed by atoms with van der Waals surface area (Å²) in [7, 11) is 5.34. The Hall–Kier alpha value is -1.55. The Balaban J connectivity index is 2.78. The van der Waals surface area contributed by atoms with Gasteiger partial charge in [-0.2, -0.15) is 0 Å². The lowest BCUT2D eigenvalue weighted by atomic mass is 10.1. The molecule has 0 aromatic heterocycles. The first-order chi connectivity index (χ1) is 8.99. The number of benzene rings is 1. The highest BCUT2D eigenvalue weighted by atomic mass is 16.5. The number of nitrogens with one attached hydrogen (secondary N) is 1. The van der Waals surface area contributed by atoms with Crippen LogP contribution in [0.1, 0.15) is 18.1 Å². The topological polar surface area (TPSA) is 41.6 Å². The molecular formula is C15H24N2O2. The van der Waals surface area contributed by atoms with Crippen molar-refractivity contribution in [3.8, 4) is 5.75 Å². The van der Waals surface area contributed by atoms with Gasteiger partial charge in [0.1, 0.15) is 5.75 Å². The van der Waals surface area contributed by atoms with Gasteiger partial charge in [-0.25, -0.2) is 0 Å². The Kier molecular flexibility index (Phi) is 5.83. The van der Waals surface area contributed by atoms with E-state index in [4.69, 9.17) is 4.74 Å². The number of ether oxygens (including phenoxy) is 1. The van der Waals surface area contributed by atoms with Crippen molar-refractivity contribution >= 4 is 5.91 Å².